The number of anilines is 1. The first kappa shape index (κ1) is 12.5. The summed E-state index contributed by atoms with van der Waals surface area (Å²) in [5, 5.41) is 1.88. The lowest BCUT2D eigenvalue weighted by atomic mass is 10.1. The first-order valence-electron chi connectivity index (χ1n) is 5.16. The maximum absolute atomic E-state index is 11.7. The van der Waals surface area contributed by atoms with Gasteiger partial charge in [-0.05, 0) is 0 Å². The molecule has 0 aliphatic carbocycles. The summed E-state index contributed by atoms with van der Waals surface area (Å²) in [7, 11) is 1.26. The third kappa shape index (κ3) is 2.19. The molecule has 1 saturated heterocycles. The molecule has 0 aromatic carbocycles. The Kier molecular flexibility index (Phi) is 3.28. The Morgan fingerprint density at radius 1 is 1.61 bits per heavy atom. The number of methoxy groups -OCH3 is 1. The smallest absolute Gasteiger partial charge is 0.357 e. The largest absolute Gasteiger partial charge is 0.464 e. The van der Waals surface area contributed by atoms with Gasteiger partial charge in [-0.2, -0.15) is 0 Å². The SMILES string of the molecule is COC(=O)c1csc(N2CC(C(N)=O)CC2=O)n1. The van der Waals surface area contributed by atoms with Crippen LogP contribution in [0.25, 0.3) is 0 Å². The van der Waals surface area contributed by atoms with E-state index < -0.39 is 17.8 Å². The third-order valence-electron chi connectivity index (χ3n) is 2.64. The topological polar surface area (TPSA) is 103 Å². The van der Waals surface area contributed by atoms with Gasteiger partial charge in [0.1, 0.15) is 0 Å². The second-order valence-electron chi connectivity index (χ2n) is 3.81. The highest BCUT2D eigenvalue weighted by atomic mass is 32.1. The van der Waals surface area contributed by atoms with Gasteiger partial charge in [0.15, 0.2) is 10.8 Å². The van der Waals surface area contributed by atoms with Crippen LogP contribution in [0.2, 0.25) is 0 Å². The molecule has 8 heteroatoms. The van der Waals surface area contributed by atoms with Crippen molar-refractivity contribution >= 4 is 34.3 Å². The van der Waals surface area contributed by atoms with Crippen molar-refractivity contribution in [1.82, 2.24) is 4.98 Å². The lowest BCUT2D eigenvalue weighted by molar-refractivity contribution is -0.123. The van der Waals surface area contributed by atoms with E-state index in [2.05, 4.69) is 9.72 Å². The Bertz CT molecular complexity index is 513. The van der Waals surface area contributed by atoms with Gasteiger partial charge < -0.3 is 10.5 Å². The van der Waals surface area contributed by atoms with E-state index in [-0.39, 0.29) is 24.6 Å². The van der Waals surface area contributed by atoms with Gasteiger partial charge in [-0.3, -0.25) is 14.5 Å². The van der Waals surface area contributed by atoms with Crippen molar-refractivity contribution in [2.75, 3.05) is 18.6 Å². The maximum atomic E-state index is 11.7. The number of esters is 1. The Hall–Kier alpha value is -1.96. The summed E-state index contributed by atoms with van der Waals surface area (Å²) in [5.74, 6) is -1.78. The highest BCUT2D eigenvalue weighted by Gasteiger charge is 2.35. The molecule has 96 valence electrons. The number of ether oxygens (including phenoxy) is 1. The van der Waals surface area contributed by atoms with E-state index in [4.69, 9.17) is 5.73 Å². The van der Waals surface area contributed by atoms with Crippen LogP contribution in [0.3, 0.4) is 0 Å². The number of rotatable bonds is 3. The van der Waals surface area contributed by atoms with Crippen LogP contribution in [0.15, 0.2) is 5.38 Å². The van der Waals surface area contributed by atoms with Crippen molar-refractivity contribution < 1.29 is 19.1 Å². The van der Waals surface area contributed by atoms with Crippen molar-refractivity contribution in [3.8, 4) is 0 Å². The second kappa shape index (κ2) is 4.73. The molecule has 1 aromatic rings. The lowest BCUT2D eigenvalue weighted by Gasteiger charge is -2.11. The quantitative estimate of drug-likeness (QED) is 0.763. The zero-order chi connectivity index (χ0) is 13.3. The predicted molar refractivity (Wildman–Crippen MR) is 63.1 cm³/mol. The maximum Gasteiger partial charge on any atom is 0.357 e. The summed E-state index contributed by atoms with van der Waals surface area (Å²) in [4.78, 5) is 39.4. The van der Waals surface area contributed by atoms with Crippen molar-refractivity contribution in [2.45, 2.75) is 6.42 Å². The van der Waals surface area contributed by atoms with Crippen LogP contribution in [0.5, 0.6) is 0 Å². The number of carbonyl (C=O) groups is 3. The van der Waals surface area contributed by atoms with Gasteiger partial charge in [-0.25, -0.2) is 9.78 Å². The fraction of sp³-hybridized carbons (Fsp3) is 0.400. The van der Waals surface area contributed by atoms with E-state index in [9.17, 15) is 14.4 Å². The van der Waals surface area contributed by atoms with E-state index >= 15 is 0 Å². The molecule has 1 fully saturated rings. The van der Waals surface area contributed by atoms with Crippen molar-refractivity contribution in [2.24, 2.45) is 11.7 Å². The van der Waals surface area contributed by atoms with E-state index in [0.29, 0.717) is 5.13 Å². The zero-order valence-corrected chi connectivity index (χ0v) is 10.4. The first-order chi connectivity index (χ1) is 8.52. The van der Waals surface area contributed by atoms with Crippen LogP contribution in [-0.2, 0) is 14.3 Å². The molecule has 0 spiro atoms. The van der Waals surface area contributed by atoms with Crippen LogP contribution in [0.1, 0.15) is 16.9 Å². The molecule has 1 aliphatic heterocycles. The molecular weight excluding hydrogens is 258 g/mol. The molecule has 7 nitrogen and oxygen atoms in total. The molecule has 2 N–H and O–H groups in total. The number of nitrogens with zero attached hydrogens (tertiary/aromatic N) is 2. The molecule has 2 heterocycles. The van der Waals surface area contributed by atoms with Gasteiger partial charge in [0.2, 0.25) is 11.8 Å². The van der Waals surface area contributed by atoms with E-state index in [1.165, 1.54) is 17.4 Å². The predicted octanol–water partition coefficient (Wildman–Crippen LogP) is -0.232. The van der Waals surface area contributed by atoms with Gasteiger partial charge in [0.05, 0.1) is 13.0 Å². The third-order valence-corrected chi connectivity index (χ3v) is 3.51. The Morgan fingerprint density at radius 3 is 2.89 bits per heavy atom. The Morgan fingerprint density at radius 2 is 2.33 bits per heavy atom. The average molecular weight is 269 g/mol. The van der Waals surface area contributed by atoms with E-state index in [1.807, 2.05) is 0 Å². The number of carbonyl (C=O) groups excluding carboxylic acids is 3. The summed E-state index contributed by atoms with van der Waals surface area (Å²) in [6.07, 6.45) is 0.0858. The normalized spacial score (nSPS) is 19.1. The molecule has 1 aliphatic rings. The minimum absolute atomic E-state index is 0.0858. The van der Waals surface area contributed by atoms with Crippen LogP contribution < -0.4 is 10.6 Å². The highest BCUT2D eigenvalue weighted by Crippen LogP contribution is 2.28. The first-order valence-corrected chi connectivity index (χ1v) is 6.04. The van der Waals surface area contributed by atoms with Crippen molar-refractivity contribution in [3.63, 3.8) is 0 Å². The molecule has 18 heavy (non-hydrogen) atoms. The van der Waals surface area contributed by atoms with E-state index in [1.54, 1.807) is 0 Å². The number of thiazole rings is 1. The number of hydrogen-bond donors (Lipinski definition) is 1. The molecule has 2 amide bonds. The van der Waals surface area contributed by atoms with Gasteiger partial charge in [-0.1, -0.05) is 0 Å². The number of primary amides is 1. The molecule has 1 unspecified atom stereocenters. The van der Waals surface area contributed by atoms with Crippen molar-refractivity contribution in [1.29, 1.82) is 0 Å². The molecule has 0 bridgehead atoms. The molecule has 0 saturated carbocycles. The number of aromatic nitrogens is 1. The molecule has 2 rings (SSSR count). The van der Waals surface area contributed by atoms with Crippen LogP contribution in [-0.4, -0.2) is 36.4 Å². The second-order valence-corrected chi connectivity index (χ2v) is 4.65. The molecule has 1 atom stereocenters. The molecule has 0 radical (unpaired) electrons. The Labute approximate surface area is 107 Å². The standard InChI is InChI=1S/C10H11N3O4S/c1-17-9(16)6-4-18-10(12-6)13-3-5(8(11)15)2-7(13)14/h4-5H,2-3H2,1H3,(H2,11,15). The number of amides is 2. The number of nitrogens with two attached hydrogens (primary N) is 1. The fourth-order valence-corrected chi connectivity index (χ4v) is 2.49. The zero-order valence-electron chi connectivity index (χ0n) is 9.58. The molecule has 1 aromatic heterocycles. The lowest BCUT2D eigenvalue weighted by Crippen LogP contribution is -2.28. The summed E-state index contributed by atoms with van der Waals surface area (Å²) in [5.41, 5.74) is 5.31. The summed E-state index contributed by atoms with van der Waals surface area (Å²) >= 11 is 1.15. The average Bonchev–Trinajstić information content (AvgIpc) is 2.94. The summed E-state index contributed by atoms with van der Waals surface area (Å²) in [6.45, 7) is 0.211. The highest BCUT2D eigenvalue weighted by molar-refractivity contribution is 7.14. The summed E-state index contributed by atoms with van der Waals surface area (Å²) < 4.78 is 4.53. The minimum atomic E-state index is -0.560. The van der Waals surface area contributed by atoms with Crippen LogP contribution in [0, 0.1) is 5.92 Å². The van der Waals surface area contributed by atoms with Gasteiger partial charge in [0.25, 0.3) is 0 Å². The van der Waals surface area contributed by atoms with Gasteiger partial charge in [0, 0.05) is 18.3 Å². The van der Waals surface area contributed by atoms with Gasteiger partial charge >= 0.3 is 5.97 Å². The Balaban J connectivity index is 2.17. The monoisotopic (exact) mass is 269 g/mol. The summed E-state index contributed by atoms with van der Waals surface area (Å²) in [6, 6.07) is 0. The van der Waals surface area contributed by atoms with Crippen molar-refractivity contribution in [3.05, 3.63) is 11.1 Å². The van der Waals surface area contributed by atoms with Crippen LogP contribution >= 0.6 is 11.3 Å². The van der Waals surface area contributed by atoms with Gasteiger partial charge in [-0.15, -0.1) is 11.3 Å². The number of hydrogen-bond acceptors (Lipinski definition) is 6. The van der Waals surface area contributed by atoms with E-state index in [0.717, 1.165) is 11.3 Å². The minimum Gasteiger partial charge on any atom is -0.464 e. The fourth-order valence-electron chi connectivity index (χ4n) is 1.67. The molecular formula is C10H11N3O4S. The van der Waals surface area contributed by atoms with Crippen LogP contribution in [0.4, 0.5) is 5.13 Å².